The molecule has 2 aliphatic heterocycles. The van der Waals surface area contributed by atoms with Crippen LogP contribution >= 0.6 is 0 Å². The van der Waals surface area contributed by atoms with E-state index in [1.54, 1.807) is 17.9 Å². The van der Waals surface area contributed by atoms with Gasteiger partial charge in [0, 0.05) is 57.4 Å². The van der Waals surface area contributed by atoms with E-state index in [-0.39, 0.29) is 38.3 Å². The monoisotopic (exact) mass is 605 g/mol. The van der Waals surface area contributed by atoms with Crippen molar-refractivity contribution < 1.29 is 30.0 Å². The van der Waals surface area contributed by atoms with E-state index in [0.717, 1.165) is 54.9 Å². The number of hydrogen-bond acceptors (Lipinski definition) is 2. The van der Waals surface area contributed by atoms with E-state index in [2.05, 4.69) is 11.4 Å². The number of piperidine rings is 1. The van der Waals surface area contributed by atoms with Gasteiger partial charge in [-0.2, -0.15) is 0 Å². The Morgan fingerprint density at radius 1 is 1.06 bits per heavy atom. The molecule has 2 aromatic carbocycles. The molecule has 0 spiro atoms. The second-order valence-electron chi connectivity index (χ2n) is 7.59. The average Bonchev–Trinajstić information content (AvgIpc) is 3.24. The van der Waals surface area contributed by atoms with Crippen LogP contribution in [0.1, 0.15) is 44.7 Å². The molecule has 2 amide bonds. The average molecular weight is 605 g/mol. The first-order valence-corrected chi connectivity index (χ1v) is 11.2. The Balaban J connectivity index is 0.00000118. The van der Waals surface area contributed by atoms with Crippen molar-refractivity contribution in [2.75, 3.05) is 29.4 Å². The maximum absolute atomic E-state index is 13.3. The summed E-state index contributed by atoms with van der Waals surface area (Å²) in [4.78, 5) is 29.0. The van der Waals surface area contributed by atoms with Crippen LogP contribution in [0.4, 0.5) is 11.4 Å². The van der Waals surface area contributed by atoms with Crippen molar-refractivity contribution in [1.29, 1.82) is 0 Å². The molecule has 0 aliphatic carbocycles. The summed E-state index contributed by atoms with van der Waals surface area (Å²) < 4.78 is 0. The van der Waals surface area contributed by atoms with E-state index in [9.17, 15) is 9.59 Å². The van der Waals surface area contributed by atoms with Crippen LogP contribution in [-0.4, -0.2) is 37.5 Å². The van der Waals surface area contributed by atoms with Gasteiger partial charge in [0.05, 0.1) is 0 Å². The minimum atomic E-state index is -0.0342. The number of hydrogen-bond donors (Lipinski definition) is 0. The first-order chi connectivity index (χ1) is 15.1. The number of carbonyl (C=O) groups is 2. The number of benzene rings is 2. The first-order valence-electron chi connectivity index (χ1n) is 11.2. The van der Waals surface area contributed by atoms with Crippen LogP contribution in [0.15, 0.2) is 54.6 Å². The fourth-order valence-corrected chi connectivity index (χ4v) is 4.17. The smallest absolute Gasteiger partial charge is 0.251 e. The van der Waals surface area contributed by atoms with E-state index < -0.39 is 0 Å². The van der Waals surface area contributed by atoms with Gasteiger partial charge in [-0.1, -0.05) is 63.1 Å². The summed E-state index contributed by atoms with van der Waals surface area (Å²) in [5.74, 6) is 0.00675. The standard InChI is InChI=1S/C24H26N3O2.C2H6.Re/c1-18(28)26-16-13-20-8-9-22(17-23(20)26)27(21-11-14-25-15-12-21)24(29)10-7-19-5-3-2-4-6-19;1-2;/h2-10,17,21H,11-16H2,1H3;1-2H3;/q-1;;/b10-7+;;. The van der Waals surface area contributed by atoms with E-state index in [1.165, 1.54) is 0 Å². The Bertz CT molecular complexity index is 924. The summed E-state index contributed by atoms with van der Waals surface area (Å²) in [7, 11) is 0. The van der Waals surface area contributed by atoms with Gasteiger partial charge in [-0.25, -0.2) is 0 Å². The van der Waals surface area contributed by atoms with E-state index in [0.29, 0.717) is 6.54 Å². The van der Waals surface area contributed by atoms with Crippen LogP contribution in [0, 0.1) is 0 Å². The molecule has 0 aromatic heterocycles. The van der Waals surface area contributed by atoms with Gasteiger partial charge >= 0.3 is 0 Å². The molecular weight excluding hydrogens is 573 g/mol. The molecule has 0 saturated carbocycles. The molecule has 32 heavy (non-hydrogen) atoms. The third-order valence-corrected chi connectivity index (χ3v) is 5.68. The predicted molar refractivity (Wildman–Crippen MR) is 129 cm³/mol. The molecular formula is C26H32N3O2Re-. The van der Waals surface area contributed by atoms with Crippen LogP contribution in [0.3, 0.4) is 0 Å². The van der Waals surface area contributed by atoms with Gasteiger partial charge in [0.2, 0.25) is 5.91 Å². The van der Waals surface area contributed by atoms with Crippen LogP contribution in [0.25, 0.3) is 11.4 Å². The third-order valence-electron chi connectivity index (χ3n) is 5.68. The quantitative estimate of drug-likeness (QED) is 0.451. The van der Waals surface area contributed by atoms with Crippen molar-refractivity contribution in [2.45, 2.75) is 46.1 Å². The van der Waals surface area contributed by atoms with E-state index in [4.69, 9.17) is 0 Å². The minimum Gasteiger partial charge on any atom is -0.662 e. The van der Waals surface area contributed by atoms with Crippen molar-refractivity contribution in [3.8, 4) is 0 Å². The van der Waals surface area contributed by atoms with Crippen molar-refractivity contribution in [2.24, 2.45) is 0 Å². The summed E-state index contributed by atoms with van der Waals surface area (Å²) in [6.07, 6.45) is 6.09. The topological polar surface area (TPSA) is 54.7 Å². The number of amides is 2. The van der Waals surface area contributed by atoms with Crippen LogP contribution in [-0.2, 0) is 36.4 Å². The van der Waals surface area contributed by atoms with Crippen LogP contribution in [0.5, 0.6) is 0 Å². The number of anilines is 2. The van der Waals surface area contributed by atoms with Gasteiger partial charge < -0.3 is 15.1 Å². The molecule has 4 rings (SSSR count). The molecule has 171 valence electrons. The van der Waals surface area contributed by atoms with Crippen molar-refractivity contribution in [3.63, 3.8) is 0 Å². The number of fused-ring (bicyclic) bond motifs is 1. The molecule has 0 bridgehead atoms. The van der Waals surface area contributed by atoms with Crippen molar-refractivity contribution in [3.05, 3.63) is 71.1 Å². The number of carbonyl (C=O) groups excluding carboxylic acids is 2. The Labute approximate surface area is 205 Å². The van der Waals surface area contributed by atoms with Gasteiger partial charge in [-0.15, -0.1) is 13.1 Å². The Hall–Kier alpha value is -2.26. The molecule has 0 atom stereocenters. The fourth-order valence-electron chi connectivity index (χ4n) is 4.17. The van der Waals surface area contributed by atoms with Gasteiger partial charge in [0.15, 0.2) is 0 Å². The normalized spacial score (nSPS) is 15.4. The molecule has 1 saturated heterocycles. The van der Waals surface area contributed by atoms with Gasteiger partial charge in [-0.05, 0) is 35.8 Å². The molecule has 0 unspecified atom stereocenters. The van der Waals surface area contributed by atoms with Gasteiger partial charge in [0.25, 0.3) is 5.91 Å². The zero-order chi connectivity index (χ0) is 22.2. The number of nitrogens with zero attached hydrogens (tertiary/aromatic N) is 3. The Kier molecular flexibility index (Phi) is 10.3. The van der Waals surface area contributed by atoms with E-state index in [1.807, 2.05) is 67.3 Å². The molecule has 1 fully saturated rings. The predicted octanol–water partition coefficient (Wildman–Crippen LogP) is 5.20. The second-order valence-corrected chi connectivity index (χ2v) is 7.59. The van der Waals surface area contributed by atoms with Crippen molar-refractivity contribution >= 4 is 29.3 Å². The Morgan fingerprint density at radius 3 is 2.41 bits per heavy atom. The van der Waals surface area contributed by atoms with Crippen LogP contribution in [0.2, 0.25) is 0 Å². The zero-order valence-corrected chi connectivity index (χ0v) is 21.8. The molecule has 6 heteroatoms. The summed E-state index contributed by atoms with van der Waals surface area (Å²) in [5, 5.41) is 4.44. The largest absolute Gasteiger partial charge is 0.662 e. The number of rotatable bonds is 4. The Morgan fingerprint density at radius 2 is 1.75 bits per heavy atom. The molecule has 2 aliphatic rings. The molecule has 2 heterocycles. The van der Waals surface area contributed by atoms with E-state index >= 15 is 0 Å². The second kappa shape index (κ2) is 12.7. The SMILES string of the molecule is CC.CC(=O)N1CCc2ccc(N(C(=O)/C=C/c3ccccc3)C3CC[N-]CC3)cc21.[Re]. The van der Waals surface area contributed by atoms with Crippen LogP contribution < -0.4 is 9.80 Å². The third kappa shape index (κ3) is 6.16. The first kappa shape index (κ1) is 26.0. The maximum atomic E-state index is 13.3. The summed E-state index contributed by atoms with van der Waals surface area (Å²) >= 11 is 0. The van der Waals surface area contributed by atoms with Gasteiger partial charge in [-0.3, -0.25) is 9.59 Å². The van der Waals surface area contributed by atoms with Gasteiger partial charge in [0.1, 0.15) is 0 Å². The van der Waals surface area contributed by atoms with Crippen molar-refractivity contribution in [1.82, 2.24) is 0 Å². The molecule has 0 N–H and O–H groups in total. The molecule has 2 aromatic rings. The summed E-state index contributed by atoms with van der Waals surface area (Å²) in [6, 6.07) is 16.0. The summed E-state index contributed by atoms with van der Waals surface area (Å²) in [6.45, 7) is 7.86. The zero-order valence-electron chi connectivity index (χ0n) is 19.1. The molecule has 1 radical (unpaired) electrons. The summed E-state index contributed by atoms with van der Waals surface area (Å²) in [5.41, 5.74) is 3.94. The maximum Gasteiger partial charge on any atom is 0.251 e. The fraction of sp³-hybridized carbons (Fsp3) is 0.385. The molecule has 5 nitrogen and oxygen atoms in total. The minimum absolute atomic E-state index is 0.